The van der Waals surface area contributed by atoms with E-state index in [-0.39, 0.29) is 5.91 Å². The molecule has 0 saturated carbocycles. The molecule has 1 aliphatic rings. The molecule has 0 bridgehead atoms. The third-order valence-corrected chi connectivity index (χ3v) is 3.64. The molecule has 5 nitrogen and oxygen atoms in total. The van der Waals surface area contributed by atoms with Crippen molar-refractivity contribution in [3.05, 3.63) is 47.9 Å². The van der Waals surface area contributed by atoms with Gasteiger partial charge in [-0.1, -0.05) is 23.4 Å². The highest BCUT2D eigenvalue weighted by atomic mass is 16.5. The third-order valence-electron chi connectivity index (χ3n) is 3.64. The molecule has 1 fully saturated rings. The zero-order chi connectivity index (χ0) is 13.9. The van der Waals surface area contributed by atoms with Gasteiger partial charge in [-0.3, -0.25) is 4.79 Å². The van der Waals surface area contributed by atoms with Crippen molar-refractivity contribution >= 4 is 11.6 Å². The maximum absolute atomic E-state index is 12.3. The number of benzene rings is 1. The Morgan fingerprint density at radius 3 is 2.45 bits per heavy atom. The molecule has 1 aliphatic heterocycles. The van der Waals surface area contributed by atoms with Gasteiger partial charge >= 0.3 is 0 Å². The van der Waals surface area contributed by atoms with Crippen LogP contribution < -0.4 is 4.90 Å². The zero-order valence-corrected chi connectivity index (χ0v) is 11.5. The lowest BCUT2D eigenvalue weighted by molar-refractivity contribution is 0.0735. The number of rotatable bonds is 2. The number of hydrogen-bond donors (Lipinski definition) is 0. The van der Waals surface area contributed by atoms with Crippen LogP contribution in [0.15, 0.2) is 41.1 Å². The summed E-state index contributed by atoms with van der Waals surface area (Å²) in [4.78, 5) is 16.4. The minimum atomic E-state index is -0.0380. The summed E-state index contributed by atoms with van der Waals surface area (Å²) in [7, 11) is 0. The second kappa shape index (κ2) is 5.36. The largest absolute Gasteiger partial charge is 0.368 e. The zero-order valence-electron chi connectivity index (χ0n) is 11.5. The molecule has 5 heteroatoms. The Morgan fingerprint density at radius 2 is 1.85 bits per heavy atom. The average Bonchev–Trinajstić information content (AvgIpc) is 2.94. The highest BCUT2D eigenvalue weighted by Gasteiger charge is 2.25. The molecule has 1 aromatic carbocycles. The molecule has 20 heavy (non-hydrogen) atoms. The Morgan fingerprint density at radius 1 is 1.15 bits per heavy atom. The summed E-state index contributed by atoms with van der Waals surface area (Å²) < 4.78 is 4.84. The van der Waals surface area contributed by atoms with E-state index < -0.39 is 0 Å². The molecule has 0 N–H and O–H groups in total. The van der Waals surface area contributed by atoms with Crippen molar-refractivity contribution in [3.8, 4) is 0 Å². The van der Waals surface area contributed by atoms with Crippen LogP contribution >= 0.6 is 0 Å². The van der Waals surface area contributed by atoms with Crippen LogP contribution in [0.3, 0.4) is 0 Å². The molecule has 1 saturated heterocycles. The summed E-state index contributed by atoms with van der Waals surface area (Å²) in [5.74, 6) is -0.0380. The first-order chi connectivity index (χ1) is 9.75. The van der Waals surface area contributed by atoms with Crippen LogP contribution in [0.2, 0.25) is 0 Å². The number of nitrogens with zero attached hydrogens (tertiary/aromatic N) is 3. The van der Waals surface area contributed by atoms with Gasteiger partial charge in [0.15, 0.2) is 5.69 Å². The highest BCUT2D eigenvalue weighted by molar-refractivity contribution is 5.93. The number of aromatic nitrogens is 1. The van der Waals surface area contributed by atoms with Gasteiger partial charge in [0.2, 0.25) is 0 Å². The van der Waals surface area contributed by atoms with Crippen LogP contribution in [0.4, 0.5) is 5.69 Å². The molecule has 0 radical (unpaired) electrons. The van der Waals surface area contributed by atoms with Gasteiger partial charge in [0, 0.05) is 37.4 Å². The summed E-state index contributed by atoms with van der Waals surface area (Å²) in [5.41, 5.74) is 2.43. The molecular weight excluding hydrogens is 254 g/mol. The molecule has 1 amide bonds. The third kappa shape index (κ3) is 2.39. The maximum Gasteiger partial charge on any atom is 0.276 e. The maximum atomic E-state index is 12.3. The first kappa shape index (κ1) is 12.7. The second-order valence-corrected chi connectivity index (χ2v) is 4.96. The van der Waals surface area contributed by atoms with E-state index >= 15 is 0 Å². The van der Waals surface area contributed by atoms with Crippen LogP contribution in [0, 0.1) is 6.92 Å². The summed E-state index contributed by atoms with van der Waals surface area (Å²) in [6, 6.07) is 10.3. The van der Waals surface area contributed by atoms with E-state index in [9.17, 15) is 4.79 Å². The predicted octanol–water partition coefficient (Wildman–Crippen LogP) is 1.95. The highest BCUT2D eigenvalue weighted by Crippen LogP contribution is 2.17. The number of anilines is 1. The Bertz CT molecular complexity index is 586. The lowest BCUT2D eigenvalue weighted by Crippen LogP contribution is -2.49. The Kier molecular flexibility index (Phi) is 3.41. The van der Waals surface area contributed by atoms with Crippen molar-refractivity contribution in [2.24, 2.45) is 0 Å². The van der Waals surface area contributed by atoms with Crippen LogP contribution in [0.25, 0.3) is 0 Å². The average molecular weight is 271 g/mol. The van der Waals surface area contributed by atoms with E-state index in [1.54, 1.807) is 0 Å². The SMILES string of the molecule is Cc1conc1C(=O)N1CCN(c2ccccc2)CC1. The molecule has 2 heterocycles. The van der Waals surface area contributed by atoms with E-state index in [2.05, 4.69) is 22.2 Å². The number of carbonyl (C=O) groups is 1. The molecular formula is C15H17N3O2. The molecule has 0 spiro atoms. The predicted molar refractivity (Wildman–Crippen MR) is 75.8 cm³/mol. The lowest BCUT2D eigenvalue weighted by atomic mass is 10.2. The number of amides is 1. The molecule has 1 aromatic heterocycles. The van der Waals surface area contributed by atoms with Crippen LogP contribution in [-0.2, 0) is 0 Å². The van der Waals surface area contributed by atoms with Gasteiger partial charge in [-0.25, -0.2) is 0 Å². The number of carbonyl (C=O) groups excluding carboxylic acids is 1. The van der Waals surface area contributed by atoms with Crippen molar-refractivity contribution in [1.29, 1.82) is 0 Å². The number of piperazine rings is 1. The van der Waals surface area contributed by atoms with Gasteiger partial charge < -0.3 is 14.3 Å². The van der Waals surface area contributed by atoms with Crippen LogP contribution in [-0.4, -0.2) is 42.1 Å². The van der Waals surface area contributed by atoms with E-state index in [0.717, 1.165) is 18.7 Å². The van der Waals surface area contributed by atoms with Crippen LogP contribution in [0.5, 0.6) is 0 Å². The summed E-state index contributed by atoms with van der Waals surface area (Å²) >= 11 is 0. The van der Waals surface area contributed by atoms with Crippen molar-refractivity contribution in [2.45, 2.75) is 6.92 Å². The fourth-order valence-electron chi connectivity index (χ4n) is 2.45. The summed E-state index contributed by atoms with van der Waals surface area (Å²) in [5, 5.41) is 3.79. The first-order valence-corrected chi connectivity index (χ1v) is 6.76. The number of aryl methyl sites for hydroxylation is 1. The smallest absolute Gasteiger partial charge is 0.276 e. The van der Waals surface area contributed by atoms with E-state index in [1.165, 1.54) is 12.0 Å². The number of para-hydroxylation sites is 1. The van der Waals surface area contributed by atoms with Gasteiger partial charge in [0.05, 0.1) is 0 Å². The normalized spacial score (nSPS) is 15.4. The molecule has 0 aliphatic carbocycles. The summed E-state index contributed by atoms with van der Waals surface area (Å²) in [6.45, 7) is 4.93. The number of hydrogen-bond acceptors (Lipinski definition) is 4. The van der Waals surface area contributed by atoms with E-state index in [4.69, 9.17) is 4.52 Å². The topological polar surface area (TPSA) is 49.6 Å². The second-order valence-electron chi connectivity index (χ2n) is 4.96. The van der Waals surface area contributed by atoms with Gasteiger partial charge in [-0.2, -0.15) is 0 Å². The fourth-order valence-corrected chi connectivity index (χ4v) is 2.45. The molecule has 104 valence electrons. The Hall–Kier alpha value is -2.30. The first-order valence-electron chi connectivity index (χ1n) is 6.76. The van der Waals surface area contributed by atoms with Gasteiger partial charge in [-0.15, -0.1) is 0 Å². The fraction of sp³-hybridized carbons (Fsp3) is 0.333. The Balaban J connectivity index is 1.64. The van der Waals surface area contributed by atoms with Gasteiger partial charge in [0.1, 0.15) is 6.26 Å². The molecule has 0 atom stereocenters. The van der Waals surface area contributed by atoms with Crippen molar-refractivity contribution in [2.75, 3.05) is 31.1 Å². The quantitative estimate of drug-likeness (QED) is 0.837. The van der Waals surface area contributed by atoms with E-state index in [0.29, 0.717) is 18.8 Å². The monoisotopic (exact) mass is 271 g/mol. The molecule has 2 aromatic rings. The summed E-state index contributed by atoms with van der Waals surface area (Å²) in [6.07, 6.45) is 1.51. The minimum absolute atomic E-state index is 0.0380. The Labute approximate surface area is 117 Å². The van der Waals surface area contributed by atoms with Crippen molar-refractivity contribution < 1.29 is 9.32 Å². The minimum Gasteiger partial charge on any atom is -0.368 e. The van der Waals surface area contributed by atoms with Crippen LogP contribution in [0.1, 0.15) is 16.1 Å². The van der Waals surface area contributed by atoms with Crippen molar-refractivity contribution in [1.82, 2.24) is 10.1 Å². The van der Waals surface area contributed by atoms with Gasteiger partial charge in [0.25, 0.3) is 5.91 Å². The standard InChI is InChI=1S/C15H17N3O2/c1-12-11-20-16-14(12)15(19)18-9-7-17(8-10-18)13-5-3-2-4-6-13/h2-6,11H,7-10H2,1H3. The molecule has 3 rings (SSSR count). The molecule has 0 unspecified atom stereocenters. The lowest BCUT2D eigenvalue weighted by Gasteiger charge is -2.35. The van der Waals surface area contributed by atoms with E-state index in [1.807, 2.05) is 30.0 Å². The van der Waals surface area contributed by atoms with Gasteiger partial charge in [-0.05, 0) is 19.1 Å². The van der Waals surface area contributed by atoms with Crippen molar-refractivity contribution in [3.63, 3.8) is 0 Å².